The summed E-state index contributed by atoms with van der Waals surface area (Å²) >= 11 is 0. The first-order valence-corrected chi connectivity index (χ1v) is 11.4. The lowest BCUT2D eigenvalue weighted by Gasteiger charge is -2.15. The standard InChI is InChI=1S/C28H24O12/c1-38-28(37)25(14-17-4-7-19(30)22(33)11-17)40-26(34)9-5-15-2-8-20(31)23(12-15)39-24(27(35)36)13-16-3-6-18(29)21(32)10-16/h2-13,25,29-33H,14H2,1H3,(H,35,36). The number of hydrogen-bond acceptors (Lipinski definition) is 11. The minimum atomic E-state index is -1.49. The number of carbonyl (C=O) groups is 3. The molecule has 3 rings (SSSR count). The molecular weight excluding hydrogens is 528 g/mol. The number of phenolic OH excluding ortho intramolecular Hbond substituents is 5. The van der Waals surface area contributed by atoms with Gasteiger partial charge in [-0.3, -0.25) is 0 Å². The molecule has 208 valence electrons. The number of carboxylic acid groups (broad SMARTS) is 1. The van der Waals surface area contributed by atoms with E-state index in [1.165, 1.54) is 48.5 Å². The fraction of sp³-hybridized carbons (Fsp3) is 0.107. The molecule has 0 bridgehead atoms. The summed E-state index contributed by atoms with van der Waals surface area (Å²) in [5, 5.41) is 57.8. The first-order chi connectivity index (χ1) is 19.0. The lowest BCUT2D eigenvalue weighted by Crippen LogP contribution is -2.30. The monoisotopic (exact) mass is 552 g/mol. The van der Waals surface area contributed by atoms with Crippen molar-refractivity contribution in [2.24, 2.45) is 0 Å². The van der Waals surface area contributed by atoms with Crippen molar-refractivity contribution in [3.63, 3.8) is 0 Å². The molecule has 0 saturated heterocycles. The molecule has 0 saturated carbocycles. The predicted octanol–water partition coefficient (Wildman–Crippen LogP) is 3.06. The van der Waals surface area contributed by atoms with Crippen molar-refractivity contribution >= 4 is 30.1 Å². The molecule has 3 aromatic rings. The predicted molar refractivity (Wildman–Crippen MR) is 139 cm³/mol. The Morgan fingerprint density at radius 1 is 0.800 bits per heavy atom. The second-order valence-electron chi connectivity index (χ2n) is 8.20. The average molecular weight is 552 g/mol. The number of carboxylic acids is 1. The van der Waals surface area contributed by atoms with Gasteiger partial charge in [-0.05, 0) is 65.2 Å². The van der Waals surface area contributed by atoms with E-state index >= 15 is 0 Å². The third kappa shape index (κ3) is 7.68. The van der Waals surface area contributed by atoms with E-state index in [-0.39, 0.29) is 29.0 Å². The van der Waals surface area contributed by atoms with Gasteiger partial charge >= 0.3 is 17.9 Å². The first kappa shape index (κ1) is 28.9. The van der Waals surface area contributed by atoms with Crippen molar-refractivity contribution in [3.05, 3.63) is 83.1 Å². The van der Waals surface area contributed by atoms with Crippen LogP contribution in [-0.4, -0.2) is 61.8 Å². The third-order valence-corrected chi connectivity index (χ3v) is 5.31. The van der Waals surface area contributed by atoms with Gasteiger partial charge in [0, 0.05) is 12.5 Å². The third-order valence-electron chi connectivity index (χ3n) is 5.31. The summed E-state index contributed by atoms with van der Waals surface area (Å²) < 4.78 is 15.2. The minimum Gasteiger partial charge on any atom is -0.504 e. The van der Waals surface area contributed by atoms with E-state index in [1.807, 2.05) is 0 Å². The van der Waals surface area contributed by atoms with Crippen LogP contribution in [0.4, 0.5) is 0 Å². The molecule has 0 radical (unpaired) electrons. The summed E-state index contributed by atoms with van der Waals surface area (Å²) in [7, 11) is 1.11. The molecule has 0 fully saturated rings. The first-order valence-electron chi connectivity index (χ1n) is 11.4. The van der Waals surface area contributed by atoms with E-state index in [9.17, 15) is 45.0 Å². The summed E-state index contributed by atoms with van der Waals surface area (Å²) in [6.07, 6.45) is 1.78. The Kier molecular flexibility index (Phi) is 9.21. The van der Waals surface area contributed by atoms with Gasteiger partial charge in [-0.25, -0.2) is 14.4 Å². The van der Waals surface area contributed by atoms with Crippen LogP contribution in [0.1, 0.15) is 16.7 Å². The molecule has 6 N–H and O–H groups in total. The number of esters is 2. The van der Waals surface area contributed by atoms with Crippen molar-refractivity contribution in [2.45, 2.75) is 12.5 Å². The Labute approximate surface area is 226 Å². The molecule has 0 aliphatic carbocycles. The average Bonchev–Trinajstić information content (AvgIpc) is 2.91. The summed E-state index contributed by atoms with van der Waals surface area (Å²) in [6.45, 7) is 0. The number of aliphatic carboxylic acids is 1. The maximum atomic E-state index is 12.4. The lowest BCUT2D eigenvalue weighted by molar-refractivity contribution is -0.162. The Hall–Kier alpha value is -5.65. The molecule has 1 unspecified atom stereocenters. The zero-order chi connectivity index (χ0) is 29.4. The summed E-state index contributed by atoms with van der Waals surface area (Å²) in [5.41, 5.74) is 0.858. The highest BCUT2D eigenvalue weighted by atomic mass is 16.6. The molecule has 1 atom stereocenters. The molecule has 0 heterocycles. The maximum absolute atomic E-state index is 12.4. The van der Waals surface area contributed by atoms with Crippen molar-refractivity contribution < 1.29 is 59.2 Å². The quantitative estimate of drug-likeness (QED) is 0.0931. The summed E-state index contributed by atoms with van der Waals surface area (Å²) in [5.74, 6) is -6.25. The molecule has 0 aliphatic rings. The zero-order valence-electron chi connectivity index (χ0n) is 20.8. The molecule has 40 heavy (non-hydrogen) atoms. The smallest absolute Gasteiger partial charge is 0.371 e. The van der Waals surface area contributed by atoms with Crippen LogP contribution in [0.3, 0.4) is 0 Å². The van der Waals surface area contributed by atoms with Crippen LogP contribution in [0.5, 0.6) is 34.5 Å². The van der Waals surface area contributed by atoms with Crippen LogP contribution in [-0.2, 0) is 30.3 Å². The van der Waals surface area contributed by atoms with Gasteiger partial charge in [-0.1, -0.05) is 18.2 Å². The molecule has 12 heteroatoms. The van der Waals surface area contributed by atoms with E-state index in [0.717, 1.165) is 31.4 Å². The molecule has 0 amide bonds. The number of methoxy groups -OCH3 is 1. The highest BCUT2D eigenvalue weighted by Crippen LogP contribution is 2.31. The van der Waals surface area contributed by atoms with Crippen molar-refractivity contribution in [1.82, 2.24) is 0 Å². The summed E-state index contributed by atoms with van der Waals surface area (Å²) in [6, 6.07) is 11.3. The van der Waals surface area contributed by atoms with Gasteiger partial charge in [0.15, 0.2) is 34.5 Å². The number of aromatic hydroxyl groups is 5. The van der Waals surface area contributed by atoms with E-state index in [1.54, 1.807) is 0 Å². The molecule has 0 spiro atoms. The fourth-order valence-electron chi connectivity index (χ4n) is 3.31. The maximum Gasteiger partial charge on any atom is 0.371 e. The van der Waals surface area contributed by atoms with Crippen LogP contribution in [0.2, 0.25) is 0 Å². The van der Waals surface area contributed by atoms with Crippen LogP contribution in [0.15, 0.2) is 66.4 Å². The van der Waals surface area contributed by atoms with E-state index < -0.39 is 52.8 Å². The number of ether oxygens (including phenoxy) is 3. The van der Waals surface area contributed by atoms with Crippen LogP contribution in [0.25, 0.3) is 12.2 Å². The minimum absolute atomic E-state index is 0.152. The van der Waals surface area contributed by atoms with Gasteiger partial charge in [0.1, 0.15) is 0 Å². The summed E-state index contributed by atoms with van der Waals surface area (Å²) in [4.78, 5) is 36.2. The number of hydrogen-bond donors (Lipinski definition) is 6. The van der Waals surface area contributed by atoms with E-state index in [0.29, 0.717) is 5.56 Å². The normalized spacial score (nSPS) is 12.1. The Bertz CT molecular complexity index is 1490. The lowest BCUT2D eigenvalue weighted by atomic mass is 10.1. The van der Waals surface area contributed by atoms with Gasteiger partial charge in [-0.15, -0.1) is 0 Å². The van der Waals surface area contributed by atoms with Crippen LogP contribution >= 0.6 is 0 Å². The Balaban J connectivity index is 1.76. The van der Waals surface area contributed by atoms with Crippen LogP contribution in [0, 0.1) is 0 Å². The van der Waals surface area contributed by atoms with Gasteiger partial charge < -0.3 is 44.8 Å². The van der Waals surface area contributed by atoms with Gasteiger partial charge in [-0.2, -0.15) is 0 Å². The Morgan fingerprint density at radius 3 is 2.05 bits per heavy atom. The number of rotatable bonds is 10. The largest absolute Gasteiger partial charge is 0.504 e. The molecule has 12 nitrogen and oxygen atoms in total. The van der Waals surface area contributed by atoms with Crippen LogP contribution < -0.4 is 4.74 Å². The number of benzene rings is 3. The van der Waals surface area contributed by atoms with Gasteiger partial charge in [0.2, 0.25) is 11.9 Å². The topological polar surface area (TPSA) is 200 Å². The highest BCUT2D eigenvalue weighted by molar-refractivity contribution is 5.91. The van der Waals surface area contributed by atoms with E-state index in [4.69, 9.17) is 9.47 Å². The Morgan fingerprint density at radius 2 is 1.43 bits per heavy atom. The number of phenols is 5. The van der Waals surface area contributed by atoms with Gasteiger partial charge in [0.25, 0.3) is 0 Å². The zero-order valence-corrected chi connectivity index (χ0v) is 20.8. The van der Waals surface area contributed by atoms with Crippen molar-refractivity contribution in [2.75, 3.05) is 7.11 Å². The highest BCUT2D eigenvalue weighted by Gasteiger charge is 2.24. The molecule has 0 aromatic heterocycles. The van der Waals surface area contributed by atoms with Crippen molar-refractivity contribution in [3.8, 4) is 34.5 Å². The second kappa shape index (κ2) is 12.7. The molecule has 3 aromatic carbocycles. The van der Waals surface area contributed by atoms with E-state index in [2.05, 4.69) is 4.74 Å². The van der Waals surface area contributed by atoms with Gasteiger partial charge in [0.05, 0.1) is 7.11 Å². The van der Waals surface area contributed by atoms with Crippen molar-refractivity contribution in [1.29, 1.82) is 0 Å². The fourth-order valence-corrected chi connectivity index (χ4v) is 3.31. The molecule has 0 aliphatic heterocycles. The SMILES string of the molecule is COC(=O)C(Cc1ccc(O)c(O)c1)OC(=O)C=Cc1ccc(O)c(OC(=Cc2ccc(O)c(O)c2)C(=O)O)c1. The number of carbonyl (C=O) groups excluding carboxylic acids is 2. The second-order valence-corrected chi connectivity index (χ2v) is 8.20. The molecular formula is C28H24O12.